The summed E-state index contributed by atoms with van der Waals surface area (Å²) >= 11 is 0. The van der Waals surface area contributed by atoms with E-state index in [2.05, 4.69) is 0 Å². The van der Waals surface area contributed by atoms with Crippen molar-refractivity contribution in [2.24, 2.45) is 0 Å². The van der Waals surface area contributed by atoms with Crippen LogP contribution in [-0.2, 0) is 15.8 Å². The van der Waals surface area contributed by atoms with E-state index < -0.39 is 10.0 Å². The molecule has 2 rings (SSSR count). The second-order valence-electron chi connectivity index (χ2n) is 4.63. The summed E-state index contributed by atoms with van der Waals surface area (Å²) in [6, 6.07) is 8.63. The summed E-state index contributed by atoms with van der Waals surface area (Å²) in [6.45, 7) is -0.0289. The minimum absolute atomic E-state index is 0.0382. The molecule has 0 aliphatic heterocycles. The van der Waals surface area contributed by atoms with E-state index in [4.69, 9.17) is 10.4 Å². The summed E-state index contributed by atoms with van der Waals surface area (Å²) in [5.74, 6) is -0.126. The SMILES string of the molecule is N#Cc1cccc(CS(=O)(=O)N(CCO)C2CC2)c1. The summed E-state index contributed by atoms with van der Waals surface area (Å²) in [6.07, 6.45) is 1.72. The van der Waals surface area contributed by atoms with Gasteiger partial charge >= 0.3 is 0 Å². The Labute approximate surface area is 113 Å². The molecule has 102 valence electrons. The minimum atomic E-state index is -3.44. The topological polar surface area (TPSA) is 81.4 Å². The van der Waals surface area contributed by atoms with Gasteiger partial charge < -0.3 is 5.11 Å². The normalized spacial score (nSPS) is 15.4. The molecule has 0 heterocycles. The molecule has 1 saturated carbocycles. The first-order chi connectivity index (χ1) is 9.06. The van der Waals surface area contributed by atoms with Crippen LogP contribution in [0.15, 0.2) is 24.3 Å². The predicted octanol–water partition coefficient (Wildman–Crippen LogP) is 0.845. The van der Waals surface area contributed by atoms with E-state index in [9.17, 15) is 8.42 Å². The van der Waals surface area contributed by atoms with Gasteiger partial charge in [0, 0.05) is 12.6 Å². The molecule has 0 saturated heterocycles. The molecule has 19 heavy (non-hydrogen) atoms. The van der Waals surface area contributed by atoms with Gasteiger partial charge in [0.1, 0.15) is 0 Å². The summed E-state index contributed by atoms with van der Waals surface area (Å²) in [5.41, 5.74) is 1.05. The van der Waals surface area contributed by atoms with Crippen molar-refractivity contribution in [3.63, 3.8) is 0 Å². The molecule has 0 atom stereocenters. The third-order valence-electron chi connectivity index (χ3n) is 3.04. The lowest BCUT2D eigenvalue weighted by Crippen LogP contribution is -2.36. The molecule has 1 aromatic rings. The zero-order valence-corrected chi connectivity index (χ0v) is 11.3. The summed E-state index contributed by atoms with van der Waals surface area (Å²) in [5, 5.41) is 17.8. The average molecular weight is 280 g/mol. The smallest absolute Gasteiger partial charge is 0.218 e. The van der Waals surface area contributed by atoms with Gasteiger partial charge in [-0.05, 0) is 30.5 Å². The molecule has 5 nitrogen and oxygen atoms in total. The largest absolute Gasteiger partial charge is 0.395 e. The molecule has 0 spiro atoms. The summed E-state index contributed by atoms with van der Waals surface area (Å²) in [7, 11) is -3.44. The lowest BCUT2D eigenvalue weighted by molar-refractivity contribution is 0.250. The van der Waals surface area contributed by atoms with Crippen molar-refractivity contribution in [1.82, 2.24) is 4.31 Å². The molecular weight excluding hydrogens is 264 g/mol. The van der Waals surface area contributed by atoms with Gasteiger partial charge in [-0.25, -0.2) is 8.42 Å². The van der Waals surface area contributed by atoms with Crippen LogP contribution in [0.4, 0.5) is 0 Å². The van der Waals surface area contributed by atoms with Crippen LogP contribution in [0.1, 0.15) is 24.0 Å². The number of hydrogen-bond acceptors (Lipinski definition) is 4. The fourth-order valence-electron chi connectivity index (χ4n) is 2.03. The van der Waals surface area contributed by atoms with Crippen LogP contribution in [0.3, 0.4) is 0 Å². The molecule has 0 radical (unpaired) electrons. The van der Waals surface area contributed by atoms with Gasteiger partial charge in [-0.3, -0.25) is 0 Å². The van der Waals surface area contributed by atoms with Crippen LogP contribution in [-0.4, -0.2) is 37.0 Å². The highest BCUT2D eigenvalue weighted by molar-refractivity contribution is 7.88. The molecule has 1 N–H and O–H groups in total. The Bertz CT molecular complexity index is 588. The van der Waals surface area contributed by atoms with E-state index in [-0.39, 0.29) is 24.9 Å². The number of sulfonamides is 1. The van der Waals surface area contributed by atoms with Crippen molar-refractivity contribution in [3.05, 3.63) is 35.4 Å². The summed E-state index contributed by atoms with van der Waals surface area (Å²) in [4.78, 5) is 0. The Kier molecular flexibility index (Phi) is 4.20. The zero-order valence-electron chi connectivity index (χ0n) is 10.5. The lowest BCUT2D eigenvalue weighted by atomic mass is 10.2. The number of aliphatic hydroxyl groups excluding tert-OH is 1. The summed E-state index contributed by atoms with van der Waals surface area (Å²) < 4.78 is 26.0. The predicted molar refractivity (Wildman–Crippen MR) is 70.6 cm³/mol. The van der Waals surface area contributed by atoms with Crippen molar-refractivity contribution < 1.29 is 13.5 Å². The van der Waals surface area contributed by atoms with Crippen molar-refractivity contribution in [2.45, 2.75) is 24.6 Å². The Balaban J connectivity index is 2.17. The van der Waals surface area contributed by atoms with Crippen molar-refractivity contribution in [3.8, 4) is 6.07 Å². The molecule has 1 aromatic carbocycles. The first-order valence-electron chi connectivity index (χ1n) is 6.16. The zero-order chi connectivity index (χ0) is 13.9. The highest BCUT2D eigenvalue weighted by Gasteiger charge is 2.36. The van der Waals surface area contributed by atoms with E-state index in [1.54, 1.807) is 24.3 Å². The van der Waals surface area contributed by atoms with Crippen molar-refractivity contribution in [2.75, 3.05) is 13.2 Å². The lowest BCUT2D eigenvalue weighted by Gasteiger charge is -2.20. The van der Waals surface area contributed by atoms with Gasteiger partial charge in [0.2, 0.25) is 10.0 Å². The fourth-order valence-corrected chi connectivity index (χ4v) is 3.83. The number of benzene rings is 1. The van der Waals surface area contributed by atoms with Crippen LogP contribution < -0.4 is 0 Å². The molecule has 0 bridgehead atoms. The molecule has 0 unspecified atom stereocenters. The minimum Gasteiger partial charge on any atom is -0.395 e. The van der Waals surface area contributed by atoms with Gasteiger partial charge in [-0.15, -0.1) is 0 Å². The Morgan fingerprint density at radius 3 is 2.74 bits per heavy atom. The first-order valence-corrected chi connectivity index (χ1v) is 7.77. The van der Waals surface area contributed by atoms with Crippen LogP contribution in [0.25, 0.3) is 0 Å². The third kappa shape index (κ3) is 3.53. The molecule has 1 aliphatic rings. The highest BCUT2D eigenvalue weighted by atomic mass is 32.2. The average Bonchev–Trinajstić information content (AvgIpc) is 3.19. The highest BCUT2D eigenvalue weighted by Crippen LogP contribution is 2.30. The number of nitrogens with zero attached hydrogens (tertiary/aromatic N) is 2. The first kappa shape index (κ1) is 14.0. The number of rotatable bonds is 6. The maximum absolute atomic E-state index is 12.3. The van der Waals surface area contributed by atoms with Gasteiger partial charge in [0.15, 0.2) is 0 Å². The molecule has 6 heteroatoms. The van der Waals surface area contributed by atoms with Crippen LogP contribution >= 0.6 is 0 Å². The maximum Gasteiger partial charge on any atom is 0.218 e. The second-order valence-corrected chi connectivity index (χ2v) is 6.56. The van der Waals surface area contributed by atoms with Gasteiger partial charge in [0.25, 0.3) is 0 Å². The Morgan fingerprint density at radius 1 is 1.42 bits per heavy atom. The van der Waals surface area contributed by atoms with Crippen molar-refractivity contribution >= 4 is 10.0 Å². The van der Waals surface area contributed by atoms with E-state index in [1.807, 2.05) is 6.07 Å². The molecular formula is C13H16N2O3S. The molecule has 1 fully saturated rings. The number of hydrogen-bond donors (Lipinski definition) is 1. The number of aliphatic hydroxyl groups is 1. The fraction of sp³-hybridized carbons (Fsp3) is 0.462. The third-order valence-corrected chi connectivity index (χ3v) is 4.93. The molecule has 1 aliphatic carbocycles. The van der Waals surface area contributed by atoms with Crippen molar-refractivity contribution in [1.29, 1.82) is 5.26 Å². The van der Waals surface area contributed by atoms with Crippen LogP contribution in [0.5, 0.6) is 0 Å². The molecule has 0 aromatic heterocycles. The monoisotopic (exact) mass is 280 g/mol. The standard InChI is InChI=1S/C13H16N2O3S/c14-9-11-2-1-3-12(8-11)10-19(17,18)15(6-7-16)13-4-5-13/h1-3,8,13,16H,4-7,10H2. The van der Waals surface area contributed by atoms with E-state index in [0.29, 0.717) is 11.1 Å². The van der Waals surface area contributed by atoms with Crippen LogP contribution in [0.2, 0.25) is 0 Å². The van der Waals surface area contributed by atoms with E-state index >= 15 is 0 Å². The maximum atomic E-state index is 12.3. The quantitative estimate of drug-likeness (QED) is 0.837. The van der Waals surface area contributed by atoms with Gasteiger partial charge in [0.05, 0.1) is 24.0 Å². The van der Waals surface area contributed by atoms with Gasteiger partial charge in [-0.1, -0.05) is 12.1 Å². The second kappa shape index (κ2) is 5.70. The number of nitriles is 1. The van der Waals surface area contributed by atoms with Gasteiger partial charge in [-0.2, -0.15) is 9.57 Å². The van der Waals surface area contributed by atoms with E-state index in [1.165, 1.54) is 4.31 Å². The Morgan fingerprint density at radius 2 is 2.16 bits per heavy atom. The molecule has 0 amide bonds. The Hall–Kier alpha value is -1.42. The van der Waals surface area contributed by atoms with Crippen LogP contribution in [0, 0.1) is 11.3 Å². The van der Waals surface area contributed by atoms with E-state index in [0.717, 1.165) is 12.8 Å².